The number of Topliss-reactive ketones (excluding diaryl/α,β-unsaturated/α-hetero) is 1. The highest BCUT2D eigenvalue weighted by Gasteiger charge is 2.19. The van der Waals surface area contributed by atoms with E-state index in [9.17, 15) is 4.79 Å². The Bertz CT molecular complexity index is 434. The van der Waals surface area contributed by atoms with Crippen molar-refractivity contribution in [1.29, 1.82) is 0 Å². The van der Waals surface area contributed by atoms with Crippen LogP contribution in [0.2, 0.25) is 0 Å². The lowest BCUT2D eigenvalue weighted by atomic mass is 10.0. The van der Waals surface area contributed by atoms with Gasteiger partial charge in [0, 0.05) is 12.5 Å². The monoisotopic (exact) mass is 315 g/mol. The number of ether oxygens (including phenoxy) is 2. The minimum Gasteiger partial charge on any atom is -0.495 e. The van der Waals surface area contributed by atoms with E-state index in [1.165, 1.54) is 7.11 Å². The Morgan fingerprint density at radius 1 is 1.39 bits per heavy atom. The van der Waals surface area contributed by atoms with E-state index in [-0.39, 0.29) is 11.8 Å². The summed E-state index contributed by atoms with van der Waals surface area (Å²) in [6.45, 7) is 1.96. The molecule has 1 atom stereocenters. The highest BCUT2D eigenvalue weighted by molar-refractivity contribution is 9.10. The van der Waals surface area contributed by atoms with Crippen LogP contribution in [0.25, 0.3) is 0 Å². The Morgan fingerprint density at radius 3 is 2.56 bits per heavy atom. The van der Waals surface area contributed by atoms with E-state index in [1.54, 1.807) is 19.2 Å². The largest absolute Gasteiger partial charge is 0.495 e. The van der Waals surface area contributed by atoms with Gasteiger partial charge in [0.05, 0.1) is 19.8 Å². The van der Waals surface area contributed by atoms with Crippen molar-refractivity contribution in [3.8, 4) is 11.5 Å². The van der Waals surface area contributed by atoms with E-state index >= 15 is 0 Å². The van der Waals surface area contributed by atoms with Gasteiger partial charge in [-0.3, -0.25) is 4.79 Å². The van der Waals surface area contributed by atoms with Crippen molar-refractivity contribution in [3.05, 3.63) is 22.2 Å². The van der Waals surface area contributed by atoms with Gasteiger partial charge in [0.1, 0.15) is 16.0 Å². The number of carbonyl (C=O) groups excluding carboxylic acids is 1. The number of rotatable bonds is 6. The highest BCUT2D eigenvalue weighted by Crippen LogP contribution is 2.37. The van der Waals surface area contributed by atoms with Crippen LogP contribution >= 0.6 is 15.9 Å². The van der Waals surface area contributed by atoms with E-state index in [0.29, 0.717) is 28.0 Å². The molecule has 0 saturated heterocycles. The second kappa shape index (κ2) is 6.75. The molecule has 1 aromatic rings. The summed E-state index contributed by atoms with van der Waals surface area (Å²) in [5, 5.41) is 0. The van der Waals surface area contributed by atoms with Crippen LogP contribution in [-0.4, -0.2) is 26.0 Å². The number of hydrogen-bond donors (Lipinski definition) is 1. The van der Waals surface area contributed by atoms with Crippen LogP contribution in [0.4, 0.5) is 0 Å². The third-order valence-electron chi connectivity index (χ3n) is 2.76. The molecule has 0 aromatic heterocycles. The van der Waals surface area contributed by atoms with Gasteiger partial charge >= 0.3 is 0 Å². The summed E-state index contributed by atoms with van der Waals surface area (Å²) in [5.74, 6) is 1.09. The molecular formula is C13H18BrNO3. The Labute approximate surface area is 116 Å². The van der Waals surface area contributed by atoms with Crippen molar-refractivity contribution in [3.63, 3.8) is 0 Å². The molecule has 0 bridgehead atoms. The number of halogens is 1. The molecule has 1 aromatic carbocycles. The summed E-state index contributed by atoms with van der Waals surface area (Å²) in [6.07, 6.45) is 1.08. The second-order valence-electron chi connectivity index (χ2n) is 3.96. The SMILES string of the molecule is CCC(N)CC(=O)c1ccc(OC)c(Br)c1OC. The number of ketones is 1. The maximum absolute atomic E-state index is 12.1. The van der Waals surface area contributed by atoms with E-state index < -0.39 is 0 Å². The van der Waals surface area contributed by atoms with E-state index in [0.717, 1.165) is 6.42 Å². The molecule has 1 unspecified atom stereocenters. The Kier molecular flexibility index (Phi) is 5.62. The average Bonchev–Trinajstić information content (AvgIpc) is 2.37. The lowest BCUT2D eigenvalue weighted by Gasteiger charge is -2.14. The van der Waals surface area contributed by atoms with Crippen LogP contribution in [0.3, 0.4) is 0 Å². The topological polar surface area (TPSA) is 61.6 Å². The normalized spacial score (nSPS) is 12.1. The first-order valence-electron chi connectivity index (χ1n) is 5.74. The van der Waals surface area contributed by atoms with Gasteiger partial charge in [-0.25, -0.2) is 0 Å². The van der Waals surface area contributed by atoms with E-state index in [2.05, 4.69) is 15.9 Å². The molecule has 0 amide bonds. The van der Waals surface area contributed by atoms with Gasteiger partial charge < -0.3 is 15.2 Å². The lowest BCUT2D eigenvalue weighted by Crippen LogP contribution is -2.23. The minimum atomic E-state index is -0.122. The fraction of sp³-hybridized carbons (Fsp3) is 0.462. The average molecular weight is 316 g/mol. The quantitative estimate of drug-likeness (QED) is 0.820. The van der Waals surface area contributed by atoms with Gasteiger partial charge in [-0.2, -0.15) is 0 Å². The summed E-state index contributed by atoms with van der Waals surface area (Å²) in [7, 11) is 3.09. The summed E-state index contributed by atoms with van der Waals surface area (Å²) in [6, 6.07) is 3.31. The summed E-state index contributed by atoms with van der Waals surface area (Å²) >= 11 is 3.37. The molecule has 0 aliphatic heterocycles. The fourth-order valence-electron chi connectivity index (χ4n) is 1.61. The number of benzene rings is 1. The van der Waals surface area contributed by atoms with Crippen LogP contribution < -0.4 is 15.2 Å². The van der Waals surface area contributed by atoms with Crippen LogP contribution in [0.15, 0.2) is 16.6 Å². The van der Waals surface area contributed by atoms with Crippen molar-refractivity contribution in [2.45, 2.75) is 25.8 Å². The fourth-order valence-corrected chi connectivity index (χ4v) is 2.28. The van der Waals surface area contributed by atoms with Gasteiger partial charge in [-0.1, -0.05) is 6.92 Å². The first-order valence-corrected chi connectivity index (χ1v) is 6.53. The smallest absolute Gasteiger partial charge is 0.168 e. The molecule has 2 N–H and O–H groups in total. The van der Waals surface area contributed by atoms with E-state index in [4.69, 9.17) is 15.2 Å². The highest BCUT2D eigenvalue weighted by atomic mass is 79.9. The second-order valence-corrected chi connectivity index (χ2v) is 4.75. The number of hydrogen-bond acceptors (Lipinski definition) is 4. The molecule has 100 valence electrons. The molecule has 0 fully saturated rings. The molecule has 18 heavy (non-hydrogen) atoms. The molecule has 0 spiro atoms. The van der Waals surface area contributed by atoms with E-state index in [1.807, 2.05) is 6.92 Å². The molecule has 4 nitrogen and oxygen atoms in total. The zero-order valence-corrected chi connectivity index (χ0v) is 12.4. The zero-order chi connectivity index (χ0) is 13.7. The molecular weight excluding hydrogens is 298 g/mol. The van der Waals surface area contributed by atoms with Crippen LogP contribution in [0, 0.1) is 0 Å². The third kappa shape index (κ3) is 3.23. The maximum atomic E-state index is 12.1. The lowest BCUT2D eigenvalue weighted by molar-refractivity contribution is 0.0970. The first-order chi connectivity index (χ1) is 8.54. The number of nitrogens with two attached hydrogens (primary N) is 1. The summed E-state index contributed by atoms with van der Waals surface area (Å²) in [5.41, 5.74) is 6.32. The van der Waals surface area contributed by atoms with Crippen molar-refractivity contribution < 1.29 is 14.3 Å². The van der Waals surface area contributed by atoms with Crippen molar-refractivity contribution in [1.82, 2.24) is 0 Å². The molecule has 0 heterocycles. The summed E-state index contributed by atoms with van der Waals surface area (Å²) in [4.78, 5) is 12.1. The van der Waals surface area contributed by atoms with Crippen LogP contribution in [0.1, 0.15) is 30.1 Å². The van der Waals surface area contributed by atoms with Crippen LogP contribution in [0.5, 0.6) is 11.5 Å². The number of carbonyl (C=O) groups is 1. The molecule has 0 saturated carbocycles. The van der Waals surface area contributed by atoms with Gasteiger partial charge in [-0.15, -0.1) is 0 Å². The zero-order valence-electron chi connectivity index (χ0n) is 10.8. The molecule has 0 aliphatic rings. The molecule has 0 radical (unpaired) electrons. The van der Waals surface area contributed by atoms with Crippen molar-refractivity contribution in [2.75, 3.05) is 14.2 Å². The van der Waals surface area contributed by atoms with Gasteiger partial charge in [0.2, 0.25) is 0 Å². The maximum Gasteiger partial charge on any atom is 0.168 e. The molecule has 1 rings (SSSR count). The molecule has 5 heteroatoms. The van der Waals surface area contributed by atoms with Gasteiger partial charge in [0.15, 0.2) is 5.78 Å². The van der Waals surface area contributed by atoms with Gasteiger partial charge in [-0.05, 0) is 34.5 Å². The first kappa shape index (κ1) is 15.0. The Hall–Kier alpha value is -1.07. The number of methoxy groups -OCH3 is 2. The Balaban J connectivity index is 3.09. The predicted molar refractivity (Wildman–Crippen MR) is 74.5 cm³/mol. The van der Waals surface area contributed by atoms with Crippen molar-refractivity contribution in [2.24, 2.45) is 5.73 Å². The standard InChI is InChI=1S/C13H18BrNO3/c1-4-8(15)7-10(16)9-5-6-11(17-2)12(14)13(9)18-3/h5-6,8H,4,7,15H2,1-3H3. The minimum absolute atomic E-state index is 0.0236. The van der Waals surface area contributed by atoms with Gasteiger partial charge in [0.25, 0.3) is 0 Å². The third-order valence-corrected chi connectivity index (χ3v) is 3.51. The Morgan fingerprint density at radius 2 is 2.06 bits per heavy atom. The van der Waals surface area contributed by atoms with Crippen LogP contribution in [-0.2, 0) is 0 Å². The predicted octanol–water partition coefficient (Wildman–Crippen LogP) is 2.78. The van der Waals surface area contributed by atoms with Crippen molar-refractivity contribution >= 4 is 21.7 Å². The summed E-state index contributed by atoms with van der Waals surface area (Å²) < 4.78 is 11.1. The molecule has 0 aliphatic carbocycles.